The lowest BCUT2D eigenvalue weighted by atomic mass is 9.99. The van der Waals surface area contributed by atoms with Gasteiger partial charge in [0.15, 0.2) is 0 Å². The molecule has 7 nitrogen and oxygen atoms in total. The molecule has 0 aromatic carbocycles. The topological polar surface area (TPSA) is 98.2 Å². The second-order valence-corrected chi connectivity index (χ2v) is 7.21. The van der Waals surface area contributed by atoms with Crippen LogP contribution in [-0.4, -0.2) is 65.0 Å². The second kappa shape index (κ2) is 4.44. The van der Waals surface area contributed by atoms with E-state index in [0.717, 1.165) is 0 Å². The Labute approximate surface area is 106 Å². The molecule has 18 heavy (non-hydrogen) atoms. The van der Waals surface area contributed by atoms with Crippen molar-refractivity contribution in [3.8, 4) is 0 Å². The normalized spacial score (nSPS) is 26.8. The fourth-order valence-electron chi connectivity index (χ4n) is 2.37. The van der Waals surface area contributed by atoms with Gasteiger partial charge in [-0.3, -0.25) is 4.79 Å². The highest BCUT2D eigenvalue weighted by molar-refractivity contribution is 7.86. The van der Waals surface area contributed by atoms with Crippen molar-refractivity contribution in [2.75, 3.05) is 26.2 Å². The minimum Gasteiger partial charge on any atom is -0.481 e. The van der Waals surface area contributed by atoms with Crippen LogP contribution in [0, 0.1) is 5.92 Å². The summed E-state index contributed by atoms with van der Waals surface area (Å²) in [6.07, 6.45) is 0.692. The smallest absolute Gasteiger partial charge is 0.306 e. The lowest BCUT2D eigenvalue weighted by Gasteiger charge is -2.45. The van der Waals surface area contributed by atoms with Gasteiger partial charge in [0.25, 0.3) is 10.2 Å². The van der Waals surface area contributed by atoms with Crippen LogP contribution in [-0.2, 0) is 15.0 Å². The Morgan fingerprint density at radius 2 is 1.72 bits per heavy atom. The van der Waals surface area contributed by atoms with E-state index < -0.39 is 27.7 Å². The van der Waals surface area contributed by atoms with Crippen molar-refractivity contribution < 1.29 is 23.4 Å². The van der Waals surface area contributed by atoms with E-state index in [9.17, 15) is 18.3 Å². The van der Waals surface area contributed by atoms with Crippen molar-refractivity contribution in [2.45, 2.75) is 25.4 Å². The first-order valence-corrected chi connectivity index (χ1v) is 7.32. The lowest BCUT2D eigenvalue weighted by Crippen LogP contribution is -2.64. The molecule has 2 rings (SSSR count). The summed E-state index contributed by atoms with van der Waals surface area (Å²) >= 11 is 0. The van der Waals surface area contributed by atoms with Gasteiger partial charge in [0, 0.05) is 26.2 Å². The van der Waals surface area contributed by atoms with E-state index in [-0.39, 0.29) is 26.2 Å². The summed E-state index contributed by atoms with van der Waals surface area (Å²) in [6, 6.07) is 0. The lowest BCUT2D eigenvalue weighted by molar-refractivity contribution is -0.142. The molecule has 2 heterocycles. The summed E-state index contributed by atoms with van der Waals surface area (Å²) in [6.45, 7) is 2.27. The molecular weight excluding hydrogens is 260 g/mol. The van der Waals surface area contributed by atoms with Gasteiger partial charge in [-0.2, -0.15) is 17.0 Å². The molecule has 0 aromatic rings. The number of aliphatic hydroxyl groups is 1. The average Bonchev–Trinajstić information content (AvgIpc) is 2.26. The fourth-order valence-corrected chi connectivity index (χ4v) is 4.25. The van der Waals surface area contributed by atoms with E-state index in [2.05, 4.69) is 0 Å². The van der Waals surface area contributed by atoms with Crippen LogP contribution in [0.15, 0.2) is 0 Å². The van der Waals surface area contributed by atoms with Crippen LogP contribution in [0.5, 0.6) is 0 Å². The third-order valence-corrected chi connectivity index (χ3v) is 5.42. The van der Waals surface area contributed by atoms with Crippen LogP contribution in [0.3, 0.4) is 0 Å². The third kappa shape index (κ3) is 2.51. The maximum absolute atomic E-state index is 12.1. The van der Waals surface area contributed by atoms with Gasteiger partial charge in [-0.05, 0) is 19.8 Å². The molecule has 0 aliphatic carbocycles. The summed E-state index contributed by atoms with van der Waals surface area (Å²) in [7, 11) is -3.53. The van der Waals surface area contributed by atoms with Gasteiger partial charge in [0.05, 0.1) is 11.5 Å². The summed E-state index contributed by atoms with van der Waals surface area (Å²) < 4.78 is 26.8. The van der Waals surface area contributed by atoms with Gasteiger partial charge in [0.1, 0.15) is 0 Å². The molecule has 104 valence electrons. The van der Waals surface area contributed by atoms with Crippen molar-refractivity contribution in [3.05, 3.63) is 0 Å². The zero-order chi connectivity index (χ0) is 13.6. The predicted octanol–water partition coefficient (Wildman–Crippen LogP) is -0.906. The van der Waals surface area contributed by atoms with Crippen LogP contribution in [0.25, 0.3) is 0 Å². The van der Waals surface area contributed by atoms with Crippen LogP contribution >= 0.6 is 0 Å². The van der Waals surface area contributed by atoms with Gasteiger partial charge >= 0.3 is 5.97 Å². The molecule has 0 amide bonds. The Morgan fingerprint density at radius 3 is 2.11 bits per heavy atom. The van der Waals surface area contributed by atoms with Gasteiger partial charge in [-0.25, -0.2) is 0 Å². The van der Waals surface area contributed by atoms with E-state index in [1.807, 2.05) is 0 Å². The molecule has 0 bridgehead atoms. The molecule has 0 saturated carbocycles. The number of hydrogen-bond donors (Lipinski definition) is 2. The largest absolute Gasteiger partial charge is 0.481 e. The molecule has 2 aliphatic heterocycles. The second-order valence-electron chi connectivity index (χ2n) is 5.28. The molecule has 2 aliphatic rings. The zero-order valence-corrected chi connectivity index (χ0v) is 11.1. The minimum absolute atomic E-state index is 0.105. The predicted molar refractivity (Wildman–Crippen MR) is 63.0 cm³/mol. The van der Waals surface area contributed by atoms with Crippen LogP contribution in [0.4, 0.5) is 0 Å². The van der Waals surface area contributed by atoms with E-state index in [1.165, 1.54) is 8.61 Å². The van der Waals surface area contributed by atoms with Gasteiger partial charge in [-0.15, -0.1) is 0 Å². The Kier molecular flexibility index (Phi) is 3.39. The maximum Gasteiger partial charge on any atom is 0.306 e. The van der Waals surface area contributed by atoms with Crippen LogP contribution in [0.1, 0.15) is 19.8 Å². The summed E-state index contributed by atoms with van der Waals surface area (Å²) in [4.78, 5) is 10.8. The Hall–Kier alpha value is -0.700. The van der Waals surface area contributed by atoms with E-state index >= 15 is 0 Å². The molecule has 0 atom stereocenters. The van der Waals surface area contributed by atoms with E-state index in [0.29, 0.717) is 12.8 Å². The number of nitrogens with zero attached hydrogens (tertiary/aromatic N) is 2. The van der Waals surface area contributed by atoms with Gasteiger partial charge in [0.2, 0.25) is 0 Å². The number of rotatable bonds is 3. The molecule has 0 aromatic heterocycles. The highest BCUT2D eigenvalue weighted by atomic mass is 32.2. The number of aliphatic carboxylic acids is 1. The number of carbonyl (C=O) groups is 1. The maximum atomic E-state index is 12.1. The minimum atomic E-state index is -3.53. The molecule has 0 spiro atoms. The van der Waals surface area contributed by atoms with Crippen molar-refractivity contribution in [1.82, 2.24) is 8.61 Å². The monoisotopic (exact) mass is 278 g/mol. The number of β-amino-alcohol motifs (C(OH)–C–C–N with tert-alkyl or cyclic N) is 1. The standard InChI is InChI=1S/C10H18N2O5S/c1-10(15)6-12(7-10)18(16,17)11-4-2-8(3-5-11)9(13)14/h8,15H,2-7H2,1H3,(H,13,14). The number of carboxylic acid groups (broad SMARTS) is 1. The molecule has 2 saturated heterocycles. The number of carboxylic acids is 1. The Morgan fingerprint density at radius 1 is 1.22 bits per heavy atom. The SMILES string of the molecule is CC1(O)CN(S(=O)(=O)N2CCC(C(=O)O)CC2)C1. The number of hydrogen-bond acceptors (Lipinski definition) is 4. The summed E-state index contributed by atoms with van der Waals surface area (Å²) in [5, 5.41) is 18.4. The van der Waals surface area contributed by atoms with Crippen molar-refractivity contribution in [3.63, 3.8) is 0 Å². The molecule has 0 unspecified atom stereocenters. The fraction of sp³-hybridized carbons (Fsp3) is 0.900. The Bertz CT molecular complexity index is 431. The van der Waals surface area contributed by atoms with Crippen molar-refractivity contribution in [1.29, 1.82) is 0 Å². The van der Waals surface area contributed by atoms with Gasteiger partial charge in [-0.1, -0.05) is 0 Å². The van der Waals surface area contributed by atoms with E-state index in [1.54, 1.807) is 6.92 Å². The molecule has 0 radical (unpaired) electrons. The van der Waals surface area contributed by atoms with Crippen LogP contribution in [0.2, 0.25) is 0 Å². The highest BCUT2D eigenvalue weighted by Gasteiger charge is 2.46. The molecule has 2 N–H and O–H groups in total. The zero-order valence-electron chi connectivity index (χ0n) is 10.2. The first-order chi connectivity index (χ1) is 8.22. The Balaban J connectivity index is 1.95. The third-order valence-electron chi connectivity index (χ3n) is 3.49. The van der Waals surface area contributed by atoms with Gasteiger partial charge < -0.3 is 10.2 Å². The van der Waals surface area contributed by atoms with Crippen molar-refractivity contribution in [2.24, 2.45) is 5.92 Å². The van der Waals surface area contributed by atoms with E-state index in [4.69, 9.17) is 5.11 Å². The highest BCUT2D eigenvalue weighted by Crippen LogP contribution is 2.28. The quantitative estimate of drug-likeness (QED) is 0.697. The summed E-state index contributed by atoms with van der Waals surface area (Å²) in [5.74, 6) is -1.31. The van der Waals surface area contributed by atoms with Crippen molar-refractivity contribution >= 4 is 16.2 Å². The molecule has 2 fully saturated rings. The van der Waals surface area contributed by atoms with Crippen LogP contribution < -0.4 is 0 Å². The first-order valence-electron chi connectivity index (χ1n) is 5.93. The number of piperidine rings is 1. The summed E-state index contributed by atoms with van der Waals surface area (Å²) in [5.41, 5.74) is -0.938. The molecular formula is C10H18N2O5S. The average molecular weight is 278 g/mol. The first kappa shape index (κ1) is 13.7. The molecule has 8 heteroatoms.